The highest BCUT2D eigenvalue weighted by Gasteiger charge is 2.08. The van der Waals surface area contributed by atoms with Crippen LogP contribution in [0.15, 0.2) is 24.9 Å². The number of H-pyrrole nitrogens is 1. The maximum Gasteiger partial charge on any atom is 0.103 e. The lowest BCUT2D eigenvalue weighted by Gasteiger charge is -2.11. The quantitative estimate of drug-likeness (QED) is 0.727. The van der Waals surface area contributed by atoms with Crippen molar-refractivity contribution in [1.29, 1.82) is 0 Å². The minimum Gasteiger partial charge on any atom is -0.343 e. The van der Waals surface area contributed by atoms with E-state index in [1.165, 1.54) is 5.57 Å². The summed E-state index contributed by atoms with van der Waals surface area (Å²) in [5, 5.41) is 0. The van der Waals surface area contributed by atoms with E-state index in [9.17, 15) is 0 Å². The van der Waals surface area contributed by atoms with Crippen molar-refractivity contribution in [2.75, 3.05) is 0 Å². The Morgan fingerprint density at radius 1 is 1.67 bits per heavy atom. The van der Waals surface area contributed by atoms with Crippen LogP contribution in [0.4, 0.5) is 0 Å². The first-order chi connectivity index (χ1) is 7.21. The van der Waals surface area contributed by atoms with Crippen LogP contribution in [0.25, 0.3) is 5.57 Å². The molecular weight excluding hydrogens is 184 g/mol. The van der Waals surface area contributed by atoms with Gasteiger partial charge in [-0.3, -0.25) is 0 Å². The molecule has 0 aliphatic carbocycles. The van der Waals surface area contributed by atoms with Crippen molar-refractivity contribution >= 4 is 5.57 Å². The van der Waals surface area contributed by atoms with E-state index in [0.717, 1.165) is 24.4 Å². The average Bonchev–Trinajstić information content (AvgIpc) is 2.67. The van der Waals surface area contributed by atoms with E-state index >= 15 is 0 Å². The Labute approximate surface area is 92.1 Å². The third-order valence-corrected chi connectivity index (χ3v) is 2.74. The van der Waals surface area contributed by atoms with Crippen molar-refractivity contribution in [1.82, 2.24) is 9.97 Å². The second kappa shape index (κ2) is 5.54. The summed E-state index contributed by atoms with van der Waals surface area (Å²) in [6.07, 6.45) is 8.26. The molecule has 1 heterocycles. The maximum atomic E-state index is 4.22. The molecule has 0 fully saturated rings. The molecule has 0 bridgehead atoms. The van der Waals surface area contributed by atoms with Crippen LogP contribution < -0.4 is 0 Å². The Morgan fingerprint density at radius 2 is 2.40 bits per heavy atom. The SMILES string of the molecule is C=CC(CC)CC(=CC)c1cnc(C)[nH]1. The summed E-state index contributed by atoms with van der Waals surface area (Å²) in [6.45, 7) is 10.1. The zero-order valence-corrected chi connectivity index (χ0v) is 9.88. The van der Waals surface area contributed by atoms with Gasteiger partial charge in [0, 0.05) is 0 Å². The molecule has 0 saturated carbocycles. The van der Waals surface area contributed by atoms with Gasteiger partial charge in [-0.05, 0) is 38.2 Å². The van der Waals surface area contributed by atoms with E-state index in [1.807, 2.05) is 19.2 Å². The van der Waals surface area contributed by atoms with E-state index in [4.69, 9.17) is 0 Å². The molecule has 0 aliphatic heterocycles. The second-order valence-corrected chi connectivity index (χ2v) is 3.80. The predicted molar refractivity (Wildman–Crippen MR) is 65.6 cm³/mol. The van der Waals surface area contributed by atoms with Gasteiger partial charge in [0.1, 0.15) is 5.82 Å². The molecule has 0 aliphatic rings. The van der Waals surface area contributed by atoms with Gasteiger partial charge >= 0.3 is 0 Å². The second-order valence-electron chi connectivity index (χ2n) is 3.80. The third-order valence-electron chi connectivity index (χ3n) is 2.74. The minimum atomic E-state index is 0.555. The Morgan fingerprint density at radius 3 is 2.80 bits per heavy atom. The fraction of sp³-hybridized carbons (Fsp3) is 0.462. The molecule has 1 rings (SSSR count). The molecule has 2 heteroatoms. The number of aryl methyl sites for hydroxylation is 1. The van der Waals surface area contributed by atoms with Gasteiger partial charge < -0.3 is 4.98 Å². The number of hydrogen-bond donors (Lipinski definition) is 1. The fourth-order valence-corrected chi connectivity index (χ4v) is 1.64. The normalized spacial score (nSPS) is 13.9. The standard InChI is InChI=1S/C13H20N2/c1-5-11(6-2)8-12(7-3)13-9-14-10(4)15-13/h5,7,9,11H,1,6,8H2,2-4H3,(H,14,15). The topological polar surface area (TPSA) is 28.7 Å². The lowest BCUT2D eigenvalue weighted by atomic mass is 9.95. The van der Waals surface area contributed by atoms with Gasteiger partial charge in [0.15, 0.2) is 0 Å². The number of imidazole rings is 1. The third kappa shape index (κ3) is 3.08. The van der Waals surface area contributed by atoms with Gasteiger partial charge in [-0.25, -0.2) is 4.98 Å². The summed E-state index contributed by atoms with van der Waals surface area (Å²) in [4.78, 5) is 7.49. The summed E-state index contributed by atoms with van der Waals surface area (Å²) < 4.78 is 0. The highest BCUT2D eigenvalue weighted by atomic mass is 14.9. The molecular formula is C13H20N2. The van der Waals surface area contributed by atoms with Gasteiger partial charge in [-0.15, -0.1) is 6.58 Å². The molecule has 0 radical (unpaired) electrons. The van der Waals surface area contributed by atoms with E-state index in [2.05, 4.69) is 36.5 Å². The first-order valence-electron chi connectivity index (χ1n) is 5.51. The molecule has 1 aromatic rings. The Kier molecular flexibility index (Phi) is 4.35. The molecule has 82 valence electrons. The van der Waals surface area contributed by atoms with Crippen LogP contribution in [0, 0.1) is 12.8 Å². The summed E-state index contributed by atoms with van der Waals surface area (Å²) in [5.74, 6) is 1.52. The number of hydrogen-bond acceptors (Lipinski definition) is 1. The van der Waals surface area contributed by atoms with E-state index in [0.29, 0.717) is 5.92 Å². The summed E-state index contributed by atoms with van der Waals surface area (Å²) >= 11 is 0. The van der Waals surface area contributed by atoms with Crippen LogP contribution in [-0.2, 0) is 0 Å². The van der Waals surface area contributed by atoms with Gasteiger partial charge in [0.25, 0.3) is 0 Å². The minimum absolute atomic E-state index is 0.555. The summed E-state index contributed by atoms with van der Waals surface area (Å²) in [6, 6.07) is 0. The lowest BCUT2D eigenvalue weighted by Crippen LogP contribution is -1.96. The monoisotopic (exact) mass is 204 g/mol. The number of nitrogens with one attached hydrogen (secondary N) is 1. The molecule has 0 saturated heterocycles. The zero-order valence-electron chi connectivity index (χ0n) is 9.88. The molecule has 1 N–H and O–H groups in total. The summed E-state index contributed by atoms with van der Waals surface area (Å²) in [5.41, 5.74) is 2.46. The maximum absolute atomic E-state index is 4.22. The zero-order chi connectivity index (χ0) is 11.3. The Bertz CT molecular complexity index is 347. The largest absolute Gasteiger partial charge is 0.343 e. The van der Waals surface area contributed by atoms with Crippen molar-refractivity contribution in [2.24, 2.45) is 5.92 Å². The van der Waals surface area contributed by atoms with Crippen LogP contribution in [-0.4, -0.2) is 9.97 Å². The van der Waals surface area contributed by atoms with Crippen LogP contribution in [0.2, 0.25) is 0 Å². The van der Waals surface area contributed by atoms with Crippen LogP contribution >= 0.6 is 0 Å². The number of nitrogens with zero attached hydrogens (tertiary/aromatic N) is 1. The molecule has 15 heavy (non-hydrogen) atoms. The van der Waals surface area contributed by atoms with Crippen molar-refractivity contribution < 1.29 is 0 Å². The first-order valence-corrected chi connectivity index (χ1v) is 5.51. The number of allylic oxidation sites excluding steroid dienone is 3. The highest BCUT2D eigenvalue weighted by molar-refractivity contribution is 5.62. The van der Waals surface area contributed by atoms with Crippen LogP contribution in [0.5, 0.6) is 0 Å². The Hall–Kier alpha value is -1.31. The number of aromatic amines is 1. The molecule has 1 aromatic heterocycles. The van der Waals surface area contributed by atoms with Crippen molar-refractivity contribution in [3.05, 3.63) is 36.4 Å². The lowest BCUT2D eigenvalue weighted by molar-refractivity contribution is 0.647. The molecule has 1 atom stereocenters. The van der Waals surface area contributed by atoms with Crippen molar-refractivity contribution in [3.8, 4) is 0 Å². The van der Waals surface area contributed by atoms with Gasteiger partial charge in [-0.1, -0.05) is 19.1 Å². The molecule has 1 unspecified atom stereocenters. The van der Waals surface area contributed by atoms with Gasteiger partial charge in [0.2, 0.25) is 0 Å². The van der Waals surface area contributed by atoms with Gasteiger partial charge in [-0.2, -0.15) is 0 Å². The fourth-order valence-electron chi connectivity index (χ4n) is 1.64. The molecule has 0 amide bonds. The van der Waals surface area contributed by atoms with Crippen molar-refractivity contribution in [3.63, 3.8) is 0 Å². The smallest absolute Gasteiger partial charge is 0.103 e. The summed E-state index contributed by atoms with van der Waals surface area (Å²) in [7, 11) is 0. The number of rotatable bonds is 5. The molecule has 2 nitrogen and oxygen atoms in total. The van der Waals surface area contributed by atoms with E-state index < -0.39 is 0 Å². The molecule has 0 aromatic carbocycles. The average molecular weight is 204 g/mol. The predicted octanol–water partition coefficient (Wildman–Crippen LogP) is 3.72. The highest BCUT2D eigenvalue weighted by Crippen LogP contribution is 2.23. The van der Waals surface area contributed by atoms with Crippen LogP contribution in [0.1, 0.15) is 38.2 Å². The first kappa shape index (κ1) is 11.8. The van der Waals surface area contributed by atoms with E-state index in [1.54, 1.807) is 0 Å². The van der Waals surface area contributed by atoms with Crippen LogP contribution in [0.3, 0.4) is 0 Å². The van der Waals surface area contributed by atoms with E-state index in [-0.39, 0.29) is 0 Å². The van der Waals surface area contributed by atoms with Crippen molar-refractivity contribution in [2.45, 2.75) is 33.6 Å². The van der Waals surface area contributed by atoms with Gasteiger partial charge in [0.05, 0.1) is 11.9 Å². The molecule has 0 spiro atoms. The Balaban J connectivity index is 2.77. The number of aromatic nitrogens is 2.